The zero-order valence-electron chi connectivity index (χ0n) is 8.43. The number of imidazole rings is 1. The molecule has 0 aliphatic heterocycles. The van der Waals surface area contributed by atoms with Crippen LogP contribution in [-0.4, -0.2) is 22.7 Å². The first-order valence-electron chi connectivity index (χ1n) is 4.54. The number of nitrogens with one attached hydrogen (secondary N) is 1. The van der Waals surface area contributed by atoms with Gasteiger partial charge in [0.15, 0.2) is 0 Å². The third-order valence-corrected chi connectivity index (χ3v) is 1.61. The number of ether oxygens (including phenoxy) is 1. The number of primary amides is 1. The van der Waals surface area contributed by atoms with Crippen LogP contribution >= 0.6 is 0 Å². The molecule has 5 heteroatoms. The summed E-state index contributed by atoms with van der Waals surface area (Å²) in [7, 11) is 0. The first-order chi connectivity index (χ1) is 7.24. The maximum Gasteiger partial charge on any atom is 0.404 e. The zero-order chi connectivity index (χ0) is 11.1. The largest absolute Gasteiger partial charge is 0.450 e. The number of aromatic nitrogens is 2. The lowest BCUT2D eigenvalue weighted by Crippen LogP contribution is -2.11. The van der Waals surface area contributed by atoms with E-state index in [4.69, 9.17) is 0 Å². The van der Waals surface area contributed by atoms with Crippen LogP contribution < -0.4 is 5.73 Å². The highest BCUT2D eigenvalue weighted by molar-refractivity contribution is 5.73. The number of H-pyrrole nitrogens is 1. The quantitative estimate of drug-likeness (QED) is 0.746. The number of para-hydroxylation sites is 2. The molecule has 2 aromatic rings. The molecule has 0 fully saturated rings. The number of hydrogen-bond donors (Lipinski definition) is 2. The van der Waals surface area contributed by atoms with Crippen LogP contribution in [0.1, 0.15) is 6.92 Å². The Labute approximate surface area is 87.3 Å². The highest BCUT2D eigenvalue weighted by atomic mass is 16.5. The summed E-state index contributed by atoms with van der Waals surface area (Å²) in [4.78, 5) is 16.7. The number of rotatable bonds is 1. The van der Waals surface area contributed by atoms with Gasteiger partial charge in [0.25, 0.3) is 0 Å². The van der Waals surface area contributed by atoms with Gasteiger partial charge in [-0.25, -0.2) is 9.78 Å². The van der Waals surface area contributed by atoms with Crippen LogP contribution in [-0.2, 0) is 4.74 Å². The molecule has 15 heavy (non-hydrogen) atoms. The fourth-order valence-electron chi connectivity index (χ4n) is 1.02. The first-order valence-corrected chi connectivity index (χ1v) is 4.54. The van der Waals surface area contributed by atoms with Crippen LogP contribution in [0.25, 0.3) is 11.0 Å². The van der Waals surface area contributed by atoms with E-state index in [1.165, 1.54) is 0 Å². The molecule has 0 unspecified atom stereocenters. The Morgan fingerprint density at radius 3 is 2.80 bits per heavy atom. The number of aromatic amines is 1. The molecule has 1 aromatic carbocycles. The van der Waals surface area contributed by atoms with E-state index in [9.17, 15) is 4.79 Å². The summed E-state index contributed by atoms with van der Waals surface area (Å²) in [6.07, 6.45) is 0.988. The summed E-state index contributed by atoms with van der Waals surface area (Å²) in [6, 6.07) is 7.94. The number of nitrogens with zero attached hydrogens (tertiary/aromatic N) is 1. The highest BCUT2D eigenvalue weighted by Gasteiger charge is 1.88. The Kier molecular flexibility index (Phi) is 4.15. The van der Waals surface area contributed by atoms with Crippen molar-refractivity contribution in [1.82, 2.24) is 9.97 Å². The number of amides is 1. The van der Waals surface area contributed by atoms with Gasteiger partial charge in [-0.15, -0.1) is 0 Å². The third kappa shape index (κ3) is 3.68. The van der Waals surface area contributed by atoms with Crippen molar-refractivity contribution in [3.05, 3.63) is 30.6 Å². The Morgan fingerprint density at radius 1 is 1.53 bits per heavy atom. The Bertz CT molecular complexity index is 395. The molecule has 0 spiro atoms. The fourth-order valence-corrected chi connectivity index (χ4v) is 1.02. The number of carbonyl (C=O) groups is 1. The Hall–Kier alpha value is -2.04. The lowest BCUT2D eigenvalue weighted by molar-refractivity contribution is 0.163. The highest BCUT2D eigenvalue weighted by Crippen LogP contribution is 2.05. The molecule has 0 atom stereocenters. The zero-order valence-corrected chi connectivity index (χ0v) is 8.43. The van der Waals surface area contributed by atoms with E-state index in [-0.39, 0.29) is 0 Å². The molecular weight excluding hydrogens is 194 g/mol. The molecule has 0 saturated carbocycles. The Balaban J connectivity index is 0.000000167. The van der Waals surface area contributed by atoms with Crippen molar-refractivity contribution in [1.29, 1.82) is 0 Å². The van der Waals surface area contributed by atoms with Crippen molar-refractivity contribution >= 4 is 17.1 Å². The minimum atomic E-state index is -0.711. The van der Waals surface area contributed by atoms with Crippen LogP contribution in [0, 0.1) is 0 Å². The van der Waals surface area contributed by atoms with E-state index in [0.29, 0.717) is 6.61 Å². The van der Waals surface area contributed by atoms with Crippen molar-refractivity contribution in [3.63, 3.8) is 0 Å². The van der Waals surface area contributed by atoms with Gasteiger partial charge in [-0.3, -0.25) is 0 Å². The lowest BCUT2D eigenvalue weighted by atomic mass is 10.3. The maximum absolute atomic E-state index is 9.60. The SMILES string of the molecule is CCOC(N)=O.c1ccc2[nH]cnc2c1. The second-order valence-electron chi connectivity index (χ2n) is 2.67. The molecule has 1 amide bonds. The van der Waals surface area contributed by atoms with E-state index in [1.807, 2.05) is 24.3 Å². The molecule has 0 radical (unpaired) electrons. The van der Waals surface area contributed by atoms with Crippen LogP contribution in [0.2, 0.25) is 0 Å². The van der Waals surface area contributed by atoms with Gasteiger partial charge in [-0.2, -0.15) is 0 Å². The van der Waals surface area contributed by atoms with Gasteiger partial charge >= 0.3 is 6.09 Å². The summed E-state index contributed by atoms with van der Waals surface area (Å²) in [6.45, 7) is 2.06. The average Bonchev–Trinajstić information content (AvgIpc) is 2.65. The van der Waals surface area contributed by atoms with Crippen molar-refractivity contribution < 1.29 is 9.53 Å². The van der Waals surface area contributed by atoms with Gasteiger partial charge in [0, 0.05) is 0 Å². The summed E-state index contributed by atoms with van der Waals surface area (Å²) in [5, 5.41) is 0. The second kappa shape index (κ2) is 5.64. The molecular formula is C10H13N3O2. The standard InChI is InChI=1S/C7H6N2.C3H7NO2/c1-2-4-7-6(3-1)8-5-9-7;1-2-6-3(4)5/h1-5H,(H,8,9);2H2,1H3,(H2,4,5). The summed E-state index contributed by atoms with van der Waals surface area (Å²) in [5.74, 6) is 0. The minimum Gasteiger partial charge on any atom is -0.450 e. The normalized spacial score (nSPS) is 9.13. The van der Waals surface area contributed by atoms with Gasteiger partial charge in [0.2, 0.25) is 0 Å². The molecule has 80 valence electrons. The summed E-state index contributed by atoms with van der Waals surface area (Å²) >= 11 is 0. The van der Waals surface area contributed by atoms with Gasteiger partial charge in [0.1, 0.15) is 0 Å². The van der Waals surface area contributed by atoms with E-state index < -0.39 is 6.09 Å². The van der Waals surface area contributed by atoms with Gasteiger partial charge in [-0.05, 0) is 19.1 Å². The average molecular weight is 207 g/mol. The number of nitrogens with two attached hydrogens (primary N) is 1. The van der Waals surface area contributed by atoms with Crippen molar-refractivity contribution in [2.24, 2.45) is 5.73 Å². The first kappa shape index (κ1) is 11.0. The molecule has 1 heterocycles. The second-order valence-corrected chi connectivity index (χ2v) is 2.67. The van der Waals surface area contributed by atoms with Crippen LogP contribution in [0.15, 0.2) is 30.6 Å². The predicted molar refractivity (Wildman–Crippen MR) is 57.3 cm³/mol. The summed E-state index contributed by atoms with van der Waals surface area (Å²) in [5.41, 5.74) is 6.66. The molecule has 0 bridgehead atoms. The molecule has 0 aliphatic rings. The maximum atomic E-state index is 9.60. The topological polar surface area (TPSA) is 81.0 Å². The van der Waals surface area contributed by atoms with E-state index in [2.05, 4.69) is 20.4 Å². The monoisotopic (exact) mass is 207 g/mol. The number of benzene rings is 1. The molecule has 0 aliphatic carbocycles. The molecule has 1 aromatic heterocycles. The van der Waals surface area contributed by atoms with Gasteiger partial charge in [-0.1, -0.05) is 12.1 Å². The van der Waals surface area contributed by atoms with E-state index in [1.54, 1.807) is 13.3 Å². The minimum absolute atomic E-state index is 0.356. The van der Waals surface area contributed by atoms with Crippen LogP contribution in [0.3, 0.4) is 0 Å². The lowest BCUT2D eigenvalue weighted by Gasteiger charge is -1.89. The smallest absolute Gasteiger partial charge is 0.404 e. The number of fused-ring (bicyclic) bond motifs is 1. The number of carbonyl (C=O) groups excluding carboxylic acids is 1. The van der Waals surface area contributed by atoms with Crippen LogP contribution in [0.4, 0.5) is 4.79 Å². The third-order valence-electron chi connectivity index (χ3n) is 1.61. The molecule has 3 N–H and O–H groups in total. The van der Waals surface area contributed by atoms with Crippen LogP contribution in [0.5, 0.6) is 0 Å². The van der Waals surface area contributed by atoms with Crippen molar-refractivity contribution in [2.75, 3.05) is 6.61 Å². The van der Waals surface area contributed by atoms with Crippen molar-refractivity contribution in [3.8, 4) is 0 Å². The Morgan fingerprint density at radius 2 is 2.27 bits per heavy atom. The molecule has 0 saturated heterocycles. The summed E-state index contributed by atoms with van der Waals surface area (Å²) < 4.78 is 4.18. The van der Waals surface area contributed by atoms with Gasteiger partial charge < -0.3 is 15.5 Å². The van der Waals surface area contributed by atoms with Crippen molar-refractivity contribution in [2.45, 2.75) is 6.92 Å². The van der Waals surface area contributed by atoms with E-state index in [0.717, 1.165) is 11.0 Å². The number of hydrogen-bond acceptors (Lipinski definition) is 3. The molecule has 5 nitrogen and oxygen atoms in total. The van der Waals surface area contributed by atoms with E-state index >= 15 is 0 Å². The fraction of sp³-hybridized carbons (Fsp3) is 0.200. The molecule has 2 rings (SSSR count). The van der Waals surface area contributed by atoms with Gasteiger partial charge in [0.05, 0.1) is 24.0 Å². The predicted octanol–water partition coefficient (Wildman–Crippen LogP) is 1.66.